The number of alkyl halides is 1. The molecular formula is C11H5BrCl2F2S. The highest BCUT2D eigenvalue weighted by atomic mass is 79.9. The molecule has 1 atom stereocenters. The van der Waals surface area contributed by atoms with Crippen molar-refractivity contribution < 1.29 is 8.78 Å². The standard InChI is InChI=1S/C11H5BrCl2F2S/c12-5-3-7(15)9(8(16)4-5)10(14)11-6(13)1-2-17-11/h1-4,10H. The molecule has 6 heteroatoms. The number of thiophene rings is 1. The molecule has 1 aromatic carbocycles. The van der Waals surface area contributed by atoms with Gasteiger partial charge in [-0.1, -0.05) is 27.5 Å². The fourth-order valence-electron chi connectivity index (χ4n) is 1.41. The van der Waals surface area contributed by atoms with Crippen molar-refractivity contribution >= 4 is 50.5 Å². The van der Waals surface area contributed by atoms with Gasteiger partial charge in [0.05, 0.1) is 10.4 Å². The SMILES string of the molecule is Fc1cc(Br)cc(F)c1C(Cl)c1sccc1Cl. The van der Waals surface area contributed by atoms with Crippen LogP contribution in [0.1, 0.15) is 15.8 Å². The first-order chi connectivity index (χ1) is 8.00. The van der Waals surface area contributed by atoms with Gasteiger partial charge in [-0.05, 0) is 23.6 Å². The van der Waals surface area contributed by atoms with Crippen LogP contribution >= 0.6 is 50.5 Å². The molecule has 0 N–H and O–H groups in total. The normalized spacial score (nSPS) is 12.8. The largest absolute Gasteiger partial charge is 0.206 e. The Morgan fingerprint density at radius 1 is 1.24 bits per heavy atom. The van der Waals surface area contributed by atoms with Crippen LogP contribution in [-0.4, -0.2) is 0 Å². The van der Waals surface area contributed by atoms with Crippen LogP contribution < -0.4 is 0 Å². The highest BCUT2D eigenvalue weighted by molar-refractivity contribution is 9.10. The molecule has 0 aliphatic heterocycles. The lowest BCUT2D eigenvalue weighted by Crippen LogP contribution is -2.00. The summed E-state index contributed by atoms with van der Waals surface area (Å²) in [6.45, 7) is 0. The lowest BCUT2D eigenvalue weighted by molar-refractivity contribution is 0.558. The van der Waals surface area contributed by atoms with Gasteiger partial charge < -0.3 is 0 Å². The Morgan fingerprint density at radius 2 is 1.82 bits per heavy atom. The minimum Gasteiger partial charge on any atom is -0.206 e. The summed E-state index contributed by atoms with van der Waals surface area (Å²) in [5.41, 5.74) is -0.181. The van der Waals surface area contributed by atoms with E-state index in [4.69, 9.17) is 23.2 Å². The summed E-state index contributed by atoms with van der Waals surface area (Å²) < 4.78 is 27.7. The van der Waals surface area contributed by atoms with Gasteiger partial charge in [0, 0.05) is 14.9 Å². The maximum absolute atomic E-state index is 13.7. The van der Waals surface area contributed by atoms with Crippen molar-refractivity contribution in [1.29, 1.82) is 0 Å². The van der Waals surface area contributed by atoms with Crippen LogP contribution in [-0.2, 0) is 0 Å². The van der Waals surface area contributed by atoms with E-state index in [-0.39, 0.29) is 5.56 Å². The maximum Gasteiger partial charge on any atom is 0.132 e. The second-order valence-electron chi connectivity index (χ2n) is 3.28. The Hall–Kier alpha value is -0.160. The quantitative estimate of drug-likeness (QED) is 0.598. The Morgan fingerprint density at radius 3 is 2.29 bits per heavy atom. The lowest BCUT2D eigenvalue weighted by atomic mass is 10.1. The van der Waals surface area contributed by atoms with E-state index in [1.165, 1.54) is 23.5 Å². The predicted molar refractivity (Wildman–Crippen MR) is 71.1 cm³/mol. The van der Waals surface area contributed by atoms with Crippen LogP contribution in [0.5, 0.6) is 0 Å². The third kappa shape index (κ3) is 2.65. The molecule has 0 saturated heterocycles. The lowest BCUT2D eigenvalue weighted by Gasteiger charge is -2.11. The van der Waals surface area contributed by atoms with Gasteiger partial charge in [0.15, 0.2) is 0 Å². The van der Waals surface area contributed by atoms with Crippen LogP contribution in [0, 0.1) is 11.6 Å². The molecule has 0 fully saturated rings. The van der Waals surface area contributed by atoms with Gasteiger partial charge >= 0.3 is 0 Å². The number of rotatable bonds is 2. The van der Waals surface area contributed by atoms with Gasteiger partial charge in [0.2, 0.25) is 0 Å². The number of hydrogen-bond acceptors (Lipinski definition) is 1. The average Bonchev–Trinajstić information content (AvgIpc) is 2.62. The van der Waals surface area contributed by atoms with Crippen LogP contribution in [0.15, 0.2) is 28.1 Å². The van der Waals surface area contributed by atoms with E-state index in [1.54, 1.807) is 11.4 Å². The van der Waals surface area contributed by atoms with Crippen LogP contribution in [0.25, 0.3) is 0 Å². The molecule has 0 amide bonds. The Balaban J connectivity index is 2.51. The zero-order valence-electron chi connectivity index (χ0n) is 8.18. The second kappa shape index (κ2) is 5.22. The summed E-state index contributed by atoms with van der Waals surface area (Å²) in [5, 5.41) is 1.22. The van der Waals surface area contributed by atoms with Crippen LogP contribution in [0.4, 0.5) is 8.78 Å². The van der Waals surface area contributed by atoms with Crippen molar-refractivity contribution in [1.82, 2.24) is 0 Å². The van der Waals surface area contributed by atoms with Gasteiger partial charge in [-0.3, -0.25) is 0 Å². The summed E-state index contributed by atoms with van der Waals surface area (Å²) in [6, 6.07) is 4.00. The molecule has 90 valence electrons. The molecule has 2 rings (SSSR count). The van der Waals surface area contributed by atoms with E-state index in [0.717, 1.165) is 0 Å². The number of hydrogen-bond donors (Lipinski definition) is 0. The Kier molecular flexibility index (Phi) is 4.08. The Labute approximate surface area is 119 Å². The van der Waals surface area contributed by atoms with E-state index >= 15 is 0 Å². The maximum atomic E-state index is 13.7. The van der Waals surface area contributed by atoms with Crippen molar-refractivity contribution in [2.24, 2.45) is 0 Å². The van der Waals surface area contributed by atoms with Crippen LogP contribution in [0.2, 0.25) is 5.02 Å². The fourth-order valence-corrected chi connectivity index (χ4v) is 3.50. The summed E-state index contributed by atoms with van der Waals surface area (Å²) in [5.74, 6) is -1.39. The van der Waals surface area contributed by atoms with E-state index in [1.807, 2.05) is 0 Å². The molecule has 1 unspecified atom stereocenters. The Bertz CT molecular complexity index is 533. The molecule has 0 radical (unpaired) electrons. The minimum absolute atomic E-state index is 0.181. The molecule has 0 saturated carbocycles. The summed E-state index contributed by atoms with van der Waals surface area (Å²) in [7, 11) is 0. The van der Waals surface area contributed by atoms with Crippen molar-refractivity contribution in [3.8, 4) is 0 Å². The number of halogens is 5. The molecule has 1 heterocycles. The van der Waals surface area contributed by atoms with E-state index in [9.17, 15) is 8.78 Å². The topological polar surface area (TPSA) is 0 Å². The minimum atomic E-state index is -0.921. The molecule has 2 aromatic rings. The highest BCUT2D eigenvalue weighted by Gasteiger charge is 2.23. The first kappa shape index (κ1) is 13.3. The van der Waals surface area contributed by atoms with Gasteiger partial charge in [-0.25, -0.2) is 8.78 Å². The molecular weight excluding hydrogens is 353 g/mol. The molecule has 1 aromatic heterocycles. The molecule has 0 nitrogen and oxygen atoms in total. The zero-order chi connectivity index (χ0) is 12.6. The number of benzene rings is 1. The first-order valence-corrected chi connectivity index (χ1v) is 7.01. The van der Waals surface area contributed by atoms with E-state index < -0.39 is 17.0 Å². The zero-order valence-corrected chi connectivity index (χ0v) is 12.1. The fraction of sp³-hybridized carbons (Fsp3) is 0.0909. The van der Waals surface area contributed by atoms with Gasteiger partial charge in [-0.2, -0.15) is 0 Å². The van der Waals surface area contributed by atoms with Crippen LogP contribution in [0.3, 0.4) is 0 Å². The first-order valence-electron chi connectivity index (χ1n) is 4.52. The molecule has 0 aliphatic carbocycles. The van der Waals surface area contributed by atoms with Crippen molar-refractivity contribution in [2.75, 3.05) is 0 Å². The molecule has 0 spiro atoms. The summed E-state index contributed by atoms with van der Waals surface area (Å²) in [4.78, 5) is 0.536. The van der Waals surface area contributed by atoms with Gasteiger partial charge in [0.1, 0.15) is 11.6 Å². The monoisotopic (exact) mass is 356 g/mol. The summed E-state index contributed by atoms with van der Waals surface area (Å²) in [6.07, 6.45) is 0. The molecule has 0 aliphatic rings. The van der Waals surface area contributed by atoms with Crippen molar-refractivity contribution in [3.05, 3.63) is 55.1 Å². The van der Waals surface area contributed by atoms with Gasteiger partial charge in [-0.15, -0.1) is 22.9 Å². The molecule has 17 heavy (non-hydrogen) atoms. The van der Waals surface area contributed by atoms with Crippen molar-refractivity contribution in [3.63, 3.8) is 0 Å². The van der Waals surface area contributed by atoms with Crippen molar-refractivity contribution in [2.45, 2.75) is 5.38 Å². The van der Waals surface area contributed by atoms with E-state index in [0.29, 0.717) is 14.4 Å². The van der Waals surface area contributed by atoms with Gasteiger partial charge in [0.25, 0.3) is 0 Å². The average molecular weight is 358 g/mol. The smallest absolute Gasteiger partial charge is 0.132 e. The highest BCUT2D eigenvalue weighted by Crippen LogP contribution is 2.39. The molecule has 0 bridgehead atoms. The predicted octanol–water partition coefficient (Wildman–Crippen LogP) is 5.77. The summed E-state index contributed by atoms with van der Waals surface area (Å²) >= 11 is 16.2. The third-order valence-electron chi connectivity index (χ3n) is 2.17. The third-order valence-corrected chi connectivity index (χ3v) is 4.62. The van der Waals surface area contributed by atoms with E-state index in [2.05, 4.69) is 15.9 Å². The second-order valence-corrected chi connectivity index (χ2v) is 5.99.